The Labute approximate surface area is 93.0 Å². The van der Waals surface area contributed by atoms with Crippen molar-refractivity contribution in [2.24, 2.45) is 11.8 Å². The topological polar surface area (TPSA) is 41.1 Å². The van der Waals surface area contributed by atoms with Crippen LogP contribution in [0.4, 0.5) is 0 Å². The van der Waals surface area contributed by atoms with Gasteiger partial charge in [0.1, 0.15) is 0 Å². The minimum Gasteiger partial charge on any atom is -0.353 e. The molecule has 0 aromatic carbocycles. The molecule has 1 aliphatic heterocycles. The van der Waals surface area contributed by atoms with E-state index in [1.807, 2.05) is 0 Å². The lowest BCUT2D eigenvalue weighted by molar-refractivity contribution is -0.126. The molecule has 0 aromatic rings. The van der Waals surface area contributed by atoms with Crippen LogP contribution in [0.15, 0.2) is 0 Å². The van der Waals surface area contributed by atoms with Crippen molar-refractivity contribution in [3.8, 4) is 0 Å². The molecule has 1 heterocycles. The van der Waals surface area contributed by atoms with E-state index in [9.17, 15) is 4.79 Å². The second kappa shape index (κ2) is 6.11. The van der Waals surface area contributed by atoms with Gasteiger partial charge in [-0.1, -0.05) is 27.2 Å². The summed E-state index contributed by atoms with van der Waals surface area (Å²) in [5, 5.41) is 6.43. The van der Waals surface area contributed by atoms with Gasteiger partial charge in [0.2, 0.25) is 5.91 Å². The van der Waals surface area contributed by atoms with E-state index in [-0.39, 0.29) is 11.8 Å². The van der Waals surface area contributed by atoms with Gasteiger partial charge < -0.3 is 10.6 Å². The Balaban J connectivity index is 2.39. The van der Waals surface area contributed by atoms with E-state index in [2.05, 4.69) is 31.4 Å². The summed E-state index contributed by atoms with van der Waals surface area (Å²) in [5.41, 5.74) is 0. The molecular formula is C12H24N2O. The van der Waals surface area contributed by atoms with Gasteiger partial charge in [0.25, 0.3) is 0 Å². The number of nitrogens with one attached hydrogen (secondary N) is 2. The molecule has 1 unspecified atom stereocenters. The number of hydrogen-bond donors (Lipinski definition) is 2. The van der Waals surface area contributed by atoms with Gasteiger partial charge in [0, 0.05) is 12.6 Å². The molecule has 3 nitrogen and oxygen atoms in total. The van der Waals surface area contributed by atoms with Crippen molar-refractivity contribution < 1.29 is 4.79 Å². The molecule has 1 rings (SSSR count). The fourth-order valence-corrected chi connectivity index (χ4v) is 2.20. The summed E-state index contributed by atoms with van der Waals surface area (Å²) in [6.07, 6.45) is 3.27. The first kappa shape index (κ1) is 12.5. The predicted molar refractivity (Wildman–Crippen MR) is 62.7 cm³/mol. The van der Waals surface area contributed by atoms with Crippen LogP contribution >= 0.6 is 0 Å². The van der Waals surface area contributed by atoms with Gasteiger partial charge in [-0.3, -0.25) is 4.79 Å². The summed E-state index contributed by atoms with van der Waals surface area (Å²) in [6, 6.07) is 0.371. The average molecular weight is 212 g/mol. The Hall–Kier alpha value is -0.570. The van der Waals surface area contributed by atoms with E-state index >= 15 is 0 Å². The van der Waals surface area contributed by atoms with Gasteiger partial charge in [0.15, 0.2) is 0 Å². The average Bonchev–Trinajstić information content (AvgIpc) is 2.63. The van der Waals surface area contributed by atoms with Crippen LogP contribution in [-0.2, 0) is 4.79 Å². The number of hydrogen-bond acceptors (Lipinski definition) is 2. The zero-order valence-electron chi connectivity index (χ0n) is 10.2. The molecule has 3 atom stereocenters. The molecule has 0 radical (unpaired) electrons. The highest BCUT2D eigenvalue weighted by atomic mass is 16.2. The van der Waals surface area contributed by atoms with Gasteiger partial charge in [0.05, 0.1) is 5.92 Å². The molecule has 1 saturated heterocycles. The fourth-order valence-electron chi connectivity index (χ4n) is 2.20. The first-order valence-corrected chi connectivity index (χ1v) is 6.20. The van der Waals surface area contributed by atoms with Gasteiger partial charge in [-0.15, -0.1) is 0 Å². The third-order valence-electron chi connectivity index (χ3n) is 3.33. The van der Waals surface area contributed by atoms with Crippen molar-refractivity contribution in [1.82, 2.24) is 10.6 Å². The molecule has 1 fully saturated rings. The molecule has 3 heteroatoms. The zero-order chi connectivity index (χ0) is 11.3. The number of carbonyl (C=O) groups is 1. The standard InChI is InChI=1S/C12H24N2O/c1-4-6-10(5-2)14-12(15)11-8-13-7-9(11)3/h9-11,13H,4-8H2,1-3H3,(H,14,15)/t9-,10?,11-/m1/s1. The van der Waals surface area contributed by atoms with E-state index < -0.39 is 0 Å². The van der Waals surface area contributed by atoms with E-state index in [4.69, 9.17) is 0 Å². The van der Waals surface area contributed by atoms with Gasteiger partial charge in [-0.2, -0.15) is 0 Å². The Morgan fingerprint density at radius 2 is 2.20 bits per heavy atom. The Kier molecular flexibility index (Phi) is 5.09. The second-order valence-electron chi connectivity index (χ2n) is 4.64. The first-order chi connectivity index (χ1) is 7.19. The summed E-state index contributed by atoms with van der Waals surface area (Å²) in [6.45, 7) is 8.26. The van der Waals surface area contributed by atoms with Gasteiger partial charge >= 0.3 is 0 Å². The maximum Gasteiger partial charge on any atom is 0.224 e. The number of amides is 1. The van der Waals surface area contributed by atoms with Crippen molar-refractivity contribution in [2.75, 3.05) is 13.1 Å². The largest absolute Gasteiger partial charge is 0.353 e. The third kappa shape index (κ3) is 3.49. The molecule has 0 bridgehead atoms. The minimum absolute atomic E-state index is 0.177. The lowest BCUT2D eigenvalue weighted by Crippen LogP contribution is -2.40. The Bertz CT molecular complexity index is 206. The lowest BCUT2D eigenvalue weighted by Gasteiger charge is -2.20. The van der Waals surface area contributed by atoms with Gasteiger partial charge in [-0.05, 0) is 25.3 Å². The highest BCUT2D eigenvalue weighted by molar-refractivity contribution is 5.79. The molecule has 1 amide bonds. The summed E-state index contributed by atoms with van der Waals surface area (Å²) in [7, 11) is 0. The Morgan fingerprint density at radius 3 is 2.67 bits per heavy atom. The molecule has 0 saturated carbocycles. The molecule has 0 aliphatic carbocycles. The summed E-state index contributed by atoms with van der Waals surface area (Å²) < 4.78 is 0. The third-order valence-corrected chi connectivity index (χ3v) is 3.33. The molecule has 88 valence electrons. The van der Waals surface area contributed by atoms with Crippen molar-refractivity contribution in [3.63, 3.8) is 0 Å². The summed E-state index contributed by atoms with van der Waals surface area (Å²) >= 11 is 0. The molecule has 1 aliphatic rings. The van der Waals surface area contributed by atoms with Crippen molar-refractivity contribution in [3.05, 3.63) is 0 Å². The van der Waals surface area contributed by atoms with Crippen molar-refractivity contribution in [2.45, 2.75) is 46.1 Å². The van der Waals surface area contributed by atoms with Crippen LogP contribution in [0.1, 0.15) is 40.0 Å². The molecule has 0 spiro atoms. The van der Waals surface area contributed by atoms with Crippen molar-refractivity contribution >= 4 is 5.91 Å². The number of rotatable bonds is 5. The predicted octanol–water partition coefficient (Wildman–Crippen LogP) is 1.54. The smallest absolute Gasteiger partial charge is 0.224 e. The highest BCUT2D eigenvalue weighted by Gasteiger charge is 2.30. The summed E-state index contributed by atoms with van der Waals surface area (Å²) in [4.78, 5) is 11.9. The van der Waals surface area contributed by atoms with Crippen LogP contribution in [-0.4, -0.2) is 25.0 Å². The second-order valence-corrected chi connectivity index (χ2v) is 4.64. The fraction of sp³-hybridized carbons (Fsp3) is 0.917. The van der Waals surface area contributed by atoms with Crippen LogP contribution in [0.2, 0.25) is 0 Å². The van der Waals surface area contributed by atoms with Crippen LogP contribution in [0.5, 0.6) is 0 Å². The van der Waals surface area contributed by atoms with Gasteiger partial charge in [-0.25, -0.2) is 0 Å². The van der Waals surface area contributed by atoms with Crippen LogP contribution in [0.25, 0.3) is 0 Å². The molecule has 15 heavy (non-hydrogen) atoms. The van der Waals surface area contributed by atoms with Crippen LogP contribution in [0.3, 0.4) is 0 Å². The van der Waals surface area contributed by atoms with E-state index in [1.165, 1.54) is 0 Å². The molecule has 2 N–H and O–H groups in total. The lowest BCUT2D eigenvalue weighted by atomic mass is 9.96. The zero-order valence-corrected chi connectivity index (χ0v) is 10.2. The normalized spacial score (nSPS) is 27.7. The Morgan fingerprint density at radius 1 is 1.47 bits per heavy atom. The van der Waals surface area contributed by atoms with E-state index in [1.54, 1.807) is 0 Å². The molecular weight excluding hydrogens is 188 g/mol. The first-order valence-electron chi connectivity index (χ1n) is 6.20. The van der Waals surface area contributed by atoms with E-state index in [0.29, 0.717) is 12.0 Å². The SMILES string of the molecule is CCCC(CC)NC(=O)[C@@H]1CNC[C@H]1C. The molecule has 0 aromatic heterocycles. The minimum atomic E-state index is 0.177. The maximum atomic E-state index is 11.9. The maximum absolute atomic E-state index is 11.9. The van der Waals surface area contributed by atoms with Crippen LogP contribution in [0, 0.1) is 11.8 Å². The van der Waals surface area contributed by atoms with E-state index in [0.717, 1.165) is 32.4 Å². The summed E-state index contributed by atoms with van der Waals surface area (Å²) in [5.74, 6) is 0.896. The number of carbonyl (C=O) groups excluding carboxylic acids is 1. The quantitative estimate of drug-likeness (QED) is 0.726. The monoisotopic (exact) mass is 212 g/mol. The van der Waals surface area contributed by atoms with Crippen molar-refractivity contribution in [1.29, 1.82) is 0 Å². The van der Waals surface area contributed by atoms with Crippen LogP contribution < -0.4 is 10.6 Å². The highest BCUT2D eigenvalue weighted by Crippen LogP contribution is 2.16.